The van der Waals surface area contributed by atoms with Crippen LogP contribution in [0.4, 0.5) is 5.82 Å². The minimum absolute atomic E-state index is 0.0806. The molecule has 2 rings (SSSR count). The van der Waals surface area contributed by atoms with Gasteiger partial charge in [-0.1, -0.05) is 0 Å². The Balaban J connectivity index is 2.27. The fourth-order valence-electron chi connectivity index (χ4n) is 2.44. The number of anilines is 1. The molecule has 0 N–H and O–H groups in total. The molecule has 0 amide bonds. The molecule has 2 heterocycles. The molecule has 1 aromatic heterocycles. The average molecular weight is 298 g/mol. The number of nitrogens with zero attached hydrogens (tertiary/aromatic N) is 4. The SMILES string of the molecule is Cc1cc(N(C)C)nc(C2CCCN(S(C)(=O)=O)C2)n1. The third-order valence-corrected chi connectivity index (χ3v) is 4.80. The van der Waals surface area contributed by atoms with E-state index in [2.05, 4.69) is 9.97 Å². The summed E-state index contributed by atoms with van der Waals surface area (Å²) in [5, 5.41) is 0. The minimum Gasteiger partial charge on any atom is -0.363 e. The maximum Gasteiger partial charge on any atom is 0.211 e. The van der Waals surface area contributed by atoms with Crippen molar-refractivity contribution in [1.82, 2.24) is 14.3 Å². The van der Waals surface area contributed by atoms with Gasteiger partial charge in [0, 0.05) is 44.9 Å². The zero-order valence-corrected chi connectivity index (χ0v) is 13.3. The summed E-state index contributed by atoms with van der Waals surface area (Å²) in [5.74, 6) is 1.70. The summed E-state index contributed by atoms with van der Waals surface area (Å²) < 4.78 is 24.9. The van der Waals surface area contributed by atoms with Gasteiger partial charge in [-0.2, -0.15) is 0 Å². The highest BCUT2D eigenvalue weighted by molar-refractivity contribution is 7.88. The van der Waals surface area contributed by atoms with Crippen LogP contribution in [0.3, 0.4) is 0 Å². The van der Waals surface area contributed by atoms with Crippen LogP contribution in [0.15, 0.2) is 6.07 Å². The lowest BCUT2D eigenvalue weighted by Gasteiger charge is -2.30. The highest BCUT2D eigenvalue weighted by atomic mass is 32.2. The van der Waals surface area contributed by atoms with Crippen molar-refractivity contribution >= 4 is 15.8 Å². The first kappa shape index (κ1) is 15.2. The molecule has 6 nitrogen and oxygen atoms in total. The molecule has 0 spiro atoms. The van der Waals surface area contributed by atoms with E-state index in [-0.39, 0.29) is 5.92 Å². The second-order valence-electron chi connectivity index (χ2n) is 5.58. The third-order valence-electron chi connectivity index (χ3n) is 3.53. The topological polar surface area (TPSA) is 66.4 Å². The van der Waals surface area contributed by atoms with Crippen LogP contribution in [0.1, 0.15) is 30.3 Å². The standard InChI is InChI=1S/C13H22N4O2S/c1-10-8-12(16(2)3)15-13(14-10)11-6-5-7-17(9-11)20(4,18)19/h8,11H,5-7,9H2,1-4H3. The zero-order valence-electron chi connectivity index (χ0n) is 12.5. The van der Waals surface area contributed by atoms with Crippen LogP contribution in [0.2, 0.25) is 0 Å². The van der Waals surface area contributed by atoms with Crippen molar-refractivity contribution in [3.8, 4) is 0 Å². The van der Waals surface area contributed by atoms with Gasteiger partial charge >= 0.3 is 0 Å². The molecule has 1 aliphatic rings. The van der Waals surface area contributed by atoms with Crippen LogP contribution in [-0.2, 0) is 10.0 Å². The number of piperidine rings is 1. The second kappa shape index (κ2) is 5.65. The molecular weight excluding hydrogens is 276 g/mol. The summed E-state index contributed by atoms with van der Waals surface area (Å²) >= 11 is 0. The molecule has 0 aliphatic carbocycles. The fourth-order valence-corrected chi connectivity index (χ4v) is 3.35. The molecule has 1 atom stereocenters. The quantitative estimate of drug-likeness (QED) is 0.832. The second-order valence-corrected chi connectivity index (χ2v) is 7.56. The van der Waals surface area contributed by atoms with Crippen molar-refractivity contribution in [3.05, 3.63) is 17.6 Å². The predicted octanol–water partition coefficient (Wildman–Crippen LogP) is 0.990. The van der Waals surface area contributed by atoms with Crippen molar-refractivity contribution in [2.75, 3.05) is 38.3 Å². The summed E-state index contributed by atoms with van der Waals surface area (Å²) in [6.07, 6.45) is 3.05. The molecule has 0 aromatic carbocycles. The van der Waals surface area contributed by atoms with E-state index < -0.39 is 10.0 Å². The third kappa shape index (κ3) is 3.46. The summed E-state index contributed by atoms with van der Waals surface area (Å²) in [5.41, 5.74) is 0.912. The first-order chi connectivity index (χ1) is 9.27. The summed E-state index contributed by atoms with van der Waals surface area (Å²) in [4.78, 5) is 11.0. The largest absolute Gasteiger partial charge is 0.363 e. The van der Waals surface area contributed by atoms with E-state index in [1.807, 2.05) is 32.0 Å². The zero-order chi connectivity index (χ0) is 14.9. The van der Waals surface area contributed by atoms with Crippen LogP contribution in [0.5, 0.6) is 0 Å². The van der Waals surface area contributed by atoms with E-state index >= 15 is 0 Å². The molecule has 1 aliphatic heterocycles. The first-order valence-electron chi connectivity index (χ1n) is 6.75. The van der Waals surface area contributed by atoms with Gasteiger partial charge in [0.15, 0.2) is 0 Å². The van der Waals surface area contributed by atoms with E-state index in [9.17, 15) is 8.42 Å². The lowest BCUT2D eigenvalue weighted by Crippen LogP contribution is -2.38. The van der Waals surface area contributed by atoms with E-state index in [4.69, 9.17) is 0 Å². The van der Waals surface area contributed by atoms with Gasteiger partial charge in [-0.25, -0.2) is 22.7 Å². The molecule has 0 radical (unpaired) electrons. The molecular formula is C13H22N4O2S. The number of rotatable bonds is 3. The highest BCUT2D eigenvalue weighted by Crippen LogP contribution is 2.27. The number of sulfonamides is 1. The van der Waals surface area contributed by atoms with Gasteiger partial charge in [-0.3, -0.25) is 0 Å². The van der Waals surface area contributed by atoms with Crippen molar-refractivity contribution in [1.29, 1.82) is 0 Å². The minimum atomic E-state index is -3.14. The Hall–Kier alpha value is -1.21. The normalized spacial score (nSPS) is 20.9. The molecule has 1 aromatic rings. The Kier molecular flexibility index (Phi) is 4.29. The first-order valence-corrected chi connectivity index (χ1v) is 8.60. The van der Waals surface area contributed by atoms with Gasteiger partial charge in [0.1, 0.15) is 11.6 Å². The highest BCUT2D eigenvalue weighted by Gasteiger charge is 2.28. The lowest BCUT2D eigenvalue weighted by atomic mass is 9.98. The molecule has 20 heavy (non-hydrogen) atoms. The maximum atomic E-state index is 11.7. The smallest absolute Gasteiger partial charge is 0.211 e. The van der Waals surface area contributed by atoms with Gasteiger partial charge in [0.05, 0.1) is 6.26 Å². The lowest BCUT2D eigenvalue weighted by molar-refractivity contribution is 0.311. The number of hydrogen-bond acceptors (Lipinski definition) is 5. The molecule has 0 bridgehead atoms. The molecule has 1 fully saturated rings. The van der Waals surface area contributed by atoms with Gasteiger partial charge in [-0.15, -0.1) is 0 Å². The molecule has 1 unspecified atom stereocenters. The number of hydrogen-bond donors (Lipinski definition) is 0. The van der Waals surface area contributed by atoms with Crippen LogP contribution in [0, 0.1) is 6.92 Å². The van der Waals surface area contributed by atoms with Crippen LogP contribution >= 0.6 is 0 Å². The average Bonchev–Trinajstić information content (AvgIpc) is 2.37. The summed E-state index contributed by atoms with van der Waals surface area (Å²) in [6, 6.07) is 1.93. The number of aryl methyl sites for hydroxylation is 1. The summed E-state index contributed by atoms with van der Waals surface area (Å²) in [6.45, 7) is 3.02. The Bertz CT molecular complexity index is 586. The van der Waals surface area contributed by atoms with Gasteiger partial charge < -0.3 is 4.90 Å². The van der Waals surface area contributed by atoms with Crippen LogP contribution < -0.4 is 4.90 Å². The van der Waals surface area contributed by atoms with Crippen molar-refractivity contribution < 1.29 is 8.42 Å². The van der Waals surface area contributed by atoms with Gasteiger partial charge in [-0.05, 0) is 19.8 Å². The Morgan fingerprint density at radius 3 is 2.65 bits per heavy atom. The predicted molar refractivity (Wildman–Crippen MR) is 79.5 cm³/mol. The van der Waals surface area contributed by atoms with Crippen molar-refractivity contribution in [2.24, 2.45) is 0 Å². The van der Waals surface area contributed by atoms with E-state index in [0.29, 0.717) is 13.1 Å². The molecule has 112 valence electrons. The van der Waals surface area contributed by atoms with Crippen LogP contribution in [-0.4, -0.2) is 56.1 Å². The Morgan fingerprint density at radius 1 is 1.35 bits per heavy atom. The van der Waals surface area contributed by atoms with Crippen LogP contribution in [0.25, 0.3) is 0 Å². The Labute approximate surface area is 120 Å². The van der Waals surface area contributed by atoms with E-state index in [0.717, 1.165) is 30.2 Å². The Morgan fingerprint density at radius 2 is 2.05 bits per heavy atom. The van der Waals surface area contributed by atoms with E-state index in [1.54, 1.807) is 0 Å². The maximum absolute atomic E-state index is 11.7. The molecule has 0 saturated carbocycles. The monoisotopic (exact) mass is 298 g/mol. The van der Waals surface area contributed by atoms with Crippen molar-refractivity contribution in [2.45, 2.75) is 25.7 Å². The summed E-state index contributed by atoms with van der Waals surface area (Å²) in [7, 11) is 0.743. The molecule has 7 heteroatoms. The number of aromatic nitrogens is 2. The van der Waals surface area contributed by atoms with Gasteiger partial charge in [0.25, 0.3) is 0 Å². The fraction of sp³-hybridized carbons (Fsp3) is 0.692. The van der Waals surface area contributed by atoms with Crippen molar-refractivity contribution in [3.63, 3.8) is 0 Å². The van der Waals surface area contributed by atoms with E-state index in [1.165, 1.54) is 10.6 Å². The van der Waals surface area contributed by atoms with Gasteiger partial charge in [0.2, 0.25) is 10.0 Å². The molecule has 1 saturated heterocycles.